The maximum absolute atomic E-state index is 12.7. The van der Waals surface area contributed by atoms with E-state index in [2.05, 4.69) is 22.7 Å². The minimum Gasteiger partial charge on any atom is -0.344 e. The first-order valence-electron chi connectivity index (χ1n) is 8.93. The minimum absolute atomic E-state index is 0.0429. The molecule has 2 amide bonds. The Morgan fingerprint density at radius 1 is 1.25 bits per heavy atom. The average molecular weight is 400 g/mol. The lowest BCUT2D eigenvalue weighted by atomic mass is 9.97. The summed E-state index contributed by atoms with van der Waals surface area (Å²) < 4.78 is 38.0. The summed E-state index contributed by atoms with van der Waals surface area (Å²) in [5, 5.41) is 2.59. The van der Waals surface area contributed by atoms with Gasteiger partial charge in [-0.1, -0.05) is 30.9 Å². The van der Waals surface area contributed by atoms with Crippen molar-refractivity contribution in [3.8, 4) is 0 Å². The molecule has 0 saturated heterocycles. The number of amides is 2. The van der Waals surface area contributed by atoms with Gasteiger partial charge < -0.3 is 11.1 Å². The maximum Gasteiger partial charge on any atom is 0.390 e. The zero-order valence-corrected chi connectivity index (χ0v) is 16.0. The molecule has 2 atom stereocenters. The van der Waals surface area contributed by atoms with Crippen molar-refractivity contribution in [2.45, 2.75) is 51.4 Å². The molecule has 0 bridgehead atoms. The van der Waals surface area contributed by atoms with Crippen molar-refractivity contribution in [1.29, 1.82) is 0 Å². The molecule has 0 aromatic rings. The van der Waals surface area contributed by atoms with Crippen molar-refractivity contribution in [2.75, 3.05) is 0 Å². The molecule has 5 N–H and O–H groups in total. The molecule has 1 fully saturated rings. The molecular weight excluding hydrogens is 373 g/mol. The van der Waals surface area contributed by atoms with Gasteiger partial charge in [0.05, 0.1) is 6.42 Å². The van der Waals surface area contributed by atoms with E-state index in [1.54, 1.807) is 19.1 Å². The summed E-state index contributed by atoms with van der Waals surface area (Å²) in [6.45, 7) is 6.76. The number of nitrogens with one attached hydrogen (secondary N) is 3. The summed E-state index contributed by atoms with van der Waals surface area (Å²) in [4.78, 5) is 24.3. The number of carbonyl (C=O) groups is 2. The van der Waals surface area contributed by atoms with E-state index < -0.39 is 30.6 Å². The van der Waals surface area contributed by atoms with E-state index >= 15 is 0 Å². The van der Waals surface area contributed by atoms with E-state index in [-0.39, 0.29) is 23.1 Å². The third-order valence-electron chi connectivity index (χ3n) is 4.01. The van der Waals surface area contributed by atoms with Crippen molar-refractivity contribution < 1.29 is 22.8 Å². The van der Waals surface area contributed by atoms with Gasteiger partial charge in [-0.2, -0.15) is 13.2 Å². The molecule has 9 heteroatoms. The summed E-state index contributed by atoms with van der Waals surface area (Å²) in [5.74, 6) is -0.873. The molecule has 0 spiro atoms. The van der Waals surface area contributed by atoms with Gasteiger partial charge in [0.25, 0.3) is 5.91 Å². The van der Waals surface area contributed by atoms with Crippen molar-refractivity contribution >= 4 is 11.8 Å². The van der Waals surface area contributed by atoms with Crippen LogP contribution in [0.25, 0.3) is 0 Å². The SMILES string of the molecule is C=C/C=C(\C(N)CC(F)(F)F)C(C)NC(=O)/C(=C/C=C\C)NNC(=O)C1CC1. The van der Waals surface area contributed by atoms with Crippen LogP contribution in [-0.4, -0.2) is 30.1 Å². The van der Waals surface area contributed by atoms with Crippen LogP contribution in [-0.2, 0) is 9.59 Å². The molecule has 1 rings (SSSR count). The van der Waals surface area contributed by atoms with Gasteiger partial charge in [-0.3, -0.25) is 20.4 Å². The largest absolute Gasteiger partial charge is 0.390 e. The normalized spacial score (nSPS) is 17.8. The lowest BCUT2D eigenvalue weighted by Crippen LogP contribution is -2.46. The van der Waals surface area contributed by atoms with Gasteiger partial charge >= 0.3 is 6.18 Å². The Balaban J connectivity index is 2.82. The molecule has 1 aliphatic carbocycles. The zero-order chi connectivity index (χ0) is 21.3. The van der Waals surface area contributed by atoms with E-state index in [1.807, 2.05) is 0 Å². The van der Waals surface area contributed by atoms with Gasteiger partial charge in [-0.05, 0) is 38.3 Å². The van der Waals surface area contributed by atoms with Crippen LogP contribution in [0.2, 0.25) is 0 Å². The predicted octanol–water partition coefficient (Wildman–Crippen LogP) is 2.37. The Labute approximate surface area is 162 Å². The van der Waals surface area contributed by atoms with Crippen LogP contribution in [0.15, 0.2) is 48.2 Å². The number of alkyl halides is 3. The second-order valence-electron chi connectivity index (χ2n) is 6.52. The van der Waals surface area contributed by atoms with Crippen molar-refractivity contribution in [3.63, 3.8) is 0 Å². The Morgan fingerprint density at radius 2 is 1.89 bits per heavy atom. The lowest BCUT2D eigenvalue weighted by molar-refractivity contribution is -0.136. The lowest BCUT2D eigenvalue weighted by Gasteiger charge is -2.24. The van der Waals surface area contributed by atoms with Gasteiger partial charge in [0, 0.05) is 18.0 Å². The molecule has 2 unspecified atom stereocenters. The van der Waals surface area contributed by atoms with Crippen molar-refractivity contribution in [3.05, 3.63) is 48.2 Å². The molecule has 0 radical (unpaired) electrons. The van der Waals surface area contributed by atoms with Crippen molar-refractivity contribution in [1.82, 2.24) is 16.2 Å². The van der Waals surface area contributed by atoms with Crippen LogP contribution in [0.4, 0.5) is 13.2 Å². The van der Waals surface area contributed by atoms with Crippen LogP contribution in [0.3, 0.4) is 0 Å². The average Bonchev–Trinajstić information content (AvgIpc) is 3.42. The first-order chi connectivity index (χ1) is 13.1. The Morgan fingerprint density at radius 3 is 2.39 bits per heavy atom. The summed E-state index contributed by atoms with van der Waals surface area (Å²) in [6, 6.07) is -2.10. The highest BCUT2D eigenvalue weighted by molar-refractivity contribution is 5.94. The standard InChI is InChI=1S/C19H27F3N4O2/c1-4-6-8-16(25-26-17(27)13-9-10-13)18(28)24-12(3)14(7-5-2)15(23)11-19(20,21)22/h4-8,12-13,15,25H,2,9-11,23H2,1,3H3,(H,24,28)(H,26,27)/b6-4-,14-7-,16-8-. The van der Waals surface area contributed by atoms with Crippen molar-refractivity contribution in [2.24, 2.45) is 11.7 Å². The molecule has 156 valence electrons. The van der Waals surface area contributed by atoms with Gasteiger partial charge in [0.1, 0.15) is 5.70 Å². The number of hydrazine groups is 1. The monoisotopic (exact) mass is 400 g/mol. The fourth-order valence-corrected chi connectivity index (χ4v) is 2.39. The number of halogens is 3. The number of nitrogens with two attached hydrogens (primary N) is 1. The van der Waals surface area contributed by atoms with Crippen LogP contribution in [0.1, 0.15) is 33.1 Å². The molecular formula is C19H27F3N4O2. The minimum atomic E-state index is -4.44. The number of carbonyl (C=O) groups excluding carboxylic acids is 2. The van der Waals surface area contributed by atoms with E-state index in [4.69, 9.17) is 5.73 Å². The maximum atomic E-state index is 12.7. The summed E-state index contributed by atoms with van der Waals surface area (Å²) in [6.07, 6.45) is 3.35. The third-order valence-corrected chi connectivity index (χ3v) is 4.01. The van der Waals surface area contributed by atoms with Gasteiger partial charge in [-0.25, -0.2) is 0 Å². The van der Waals surface area contributed by atoms with Crippen LogP contribution in [0, 0.1) is 5.92 Å². The smallest absolute Gasteiger partial charge is 0.344 e. The molecule has 0 heterocycles. The number of allylic oxidation sites excluding steroid dienone is 5. The third kappa shape index (κ3) is 8.43. The van der Waals surface area contributed by atoms with Gasteiger partial charge in [-0.15, -0.1) is 0 Å². The van der Waals surface area contributed by atoms with Crippen LogP contribution >= 0.6 is 0 Å². The predicted molar refractivity (Wildman–Crippen MR) is 101 cm³/mol. The molecule has 0 aliphatic heterocycles. The molecule has 0 aromatic heterocycles. The van der Waals surface area contributed by atoms with Crippen LogP contribution < -0.4 is 21.9 Å². The van der Waals surface area contributed by atoms with E-state index in [1.165, 1.54) is 25.2 Å². The number of hydrogen-bond acceptors (Lipinski definition) is 4. The zero-order valence-electron chi connectivity index (χ0n) is 16.0. The second-order valence-corrected chi connectivity index (χ2v) is 6.52. The fraction of sp³-hybridized carbons (Fsp3) is 0.474. The molecule has 6 nitrogen and oxygen atoms in total. The van der Waals surface area contributed by atoms with Gasteiger partial charge in [0.15, 0.2) is 0 Å². The summed E-state index contributed by atoms with van der Waals surface area (Å²) >= 11 is 0. The Hall–Kier alpha value is -2.55. The highest BCUT2D eigenvalue weighted by Crippen LogP contribution is 2.28. The first kappa shape index (κ1) is 23.5. The highest BCUT2D eigenvalue weighted by Gasteiger charge is 2.33. The Bertz CT molecular complexity index is 665. The molecule has 28 heavy (non-hydrogen) atoms. The molecule has 1 saturated carbocycles. The molecule has 0 aromatic carbocycles. The number of hydrogen-bond donors (Lipinski definition) is 4. The van der Waals surface area contributed by atoms with E-state index in [9.17, 15) is 22.8 Å². The first-order valence-corrected chi connectivity index (χ1v) is 8.93. The quantitative estimate of drug-likeness (QED) is 0.257. The topological polar surface area (TPSA) is 96.2 Å². The fourth-order valence-electron chi connectivity index (χ4n) is 2.39. The summed E-state index contributed by atoms with van der Waals surface area (Å²) in [7, 11) is 0. The van der Waals surface area contributed by atoms with Crippen LogP contribution in [0.5, 0.6) is 0 Å². The van der Waals surface area contributed by atoms with E-state index in [0.717, 1.165) is 12.8 Å². The summed E-state index contributed by atoms with van der Waals surface area (Å²) in [5.41, 5.74) is 10.9. The number of rotatable bonds is 10. The Kier molecular flexibility index (Phi) is 8.98. The van der Waals surface area contributed by atoms with Gasteiger partial charge in [0.2, 0.25) is 5.91 Å². The van der Waals surface area contributed by atoms with E-state index in [0.29, 0.717) is 0 Å². The second kappa shape index (κ2) is 10.7. The molecule has 1 aliphatic rings. The highest BCUT2D eigenvalue weighted by atomic mass is 19.4.